The van der Waals surface area contributed by atoms with Gasteiger partial charge in [-0.2, -0.15) is 0 Å². The maximum absolute atomic E-state index is 5.99. The summed E-state index contributed by atoms with van der Waals surface area (Å²) < 4.78 is 14.2. The van der Waals surface area contributed by atoms with Crippen LogP contribution in [0, 0.1) is 5.92 Å². The van der Waals surface area contributed by atoms with Crippen molar-refractivity contribution < 1.29 is 14.0 Å². The van der Waals surface area contributed by atoms with E-state index in [1.807, 2.05) is 0 Å². The minimum atomic E-state index is 0.349. The Morgan fingerprint density at radius 2 is 1.33 bits per heavy atom. The van der Waals surface area contributed by atoms with E-state index in [0.717, 1.165) is 32.3 Å². The van der Waals surface area contributed by atoms with Crippen molar-refractivity contribution in [2.75, 3.05) is 19.8 Å². The molecule has 33 heavy (non-hydrogen) atoms. The van der Waals surface area contributed by atoms with Crippen LogP contribution in [0.1, 0.15) is 122 Å². The minimum absolute atomic E-state index is 0.349. The van der Waals surface area contributed by atoms with E-state index in [4.69, 9.17) is 9.47 Å². The number of pyridine rings is 1. The van der Waals surface area contributed by atoms with Gasteiger partial charge in [0.15, 0.2) is 12.4 Å². The summed E-state index contributed by atoms with van der Waals surface area (Å²) in [6, 6.07) is 6.27. The van der Waals surface area contributed by atoms with Crippen LogP contribution in [0.25, 0.3) is 0 Å². The van der Waals surface area contributed by atoms with E-state index < -0.39 is 0 Å². The summed E-state index contributed by atoms with van der Waals surface area (Å²) in [4.78, 5) is 0. The zero-order chi connectivity index (χ0) is 23.2. The van der Waals surface area contributed by atoms with Crippen LogP contribution in [0.4, 0.5) is 0 Å². The van der Waals surface area contributed by atoms with Gasteiger partial charge in [0, 0.05) is 31.8 Å². The first-order chi connectivity index (χ1) is 16.4. The van der Waals surface area contributed by atoms with Gasteiger partial charge in [-0.25, -0.2) is 4.57 Å². The summed E-state index contributed by atoms with van der Waals surface area (Å²) in [5.74, 6) is 0.775. The summed E-state index contributed by atoms with van der Waals surface area (Å²) in [6.45, 7) is 6.07. The van der Waals surface area contributed by atoms with Crippen molar-refractivity contribution in [2.45, 2.75) is 135 Å². The fourth-order valence-corrected chi connectivity index (χ4v) is 5.02. The number of hydrogen-bond donors (Lipinski definition) is 0. The first-order valence-electron chi connectivity index (χ1n) is 14.5. The Morgan fingerprint density at radius 3 is 2.03 bits per heavy atom. The third kappa shape index (κ3) is 15.6. The molecule has 2 heterocycles. The molecule has 0 unspecified atom stereocenters. The minimum Gasteiger partial charge on any atom is -0.379 e. The van der Waals surface area contributed by atoms with Gasteiger partial charge in [-0.15, -0.1) is 0 Å². The summed E-state index contributed by atoms with van der Waals surface area (Å²) in [5.41, 5.74) is 0. The van der Waals surface area contributed by atoms with Gasteiger partial charge < -0.3 is 9.47 Å². The Kier molecular flexibility index (Phi) is 17.5. The molecule has 2 atom stereocenters. The lowest BCUT2D eigenvalue weighted by Crippen LogP contribution is -2.32. The van der Waals surface area contributed by atoms with E-state index in [1.54, 1.807) is 0 Å². The molecule has 0 amide bonds. The Morgan fingerprint density at radius 1 is 0.727 bits per heavy atom. The van der Waals surface area contributed by atoms with Crippen LogP contribution in [0.2, 0.25) is 0 Å². The van der Waals surface area contributed by atoms with Crippen LogP contribution in [0.15, 0.2) is 30.6 Å². The monoisotopic (exact) mass is 460 g/mol. The predicted molar refractivity (Wildman–Crippen MR) is 139 cm³/mol. The summed E-state index contributed by atoms with van der Waals surface area (Å²) in [5, 5.41) is 0. The van der Waals surface area contributed by atoms with E-state index >= 15 is 0 Å². The average Bonchev–Trinajstić information content (AvgIpc) is 3.29. The molecule has 2 rings (SSSR count). The maximum atomic E-state index is 5.99. The van der Waals surface area contributed by atoms with E-state index in [0.29, 0.717) is 6.10 Å². The van der Waals surface area contributed by atoms with Gasteiger partial charge in [-0.05, 0) is 31.6 Å². The van der Waals surface area contributed by atoms with Gasteiger partial charge in [-0.1, -0.05) is 96.5 Å². The summed E-state index contributed by atoms with van der Waals surface area (Å²) in [7, 11) is 0. The van der Waals surface area contributed by atoms with Crippen LogP contribution < -0.4 is 4.57 Å². The maximum Gasteiger partial charge on any atom is 0.168 e. The molecular weight excluding hydrogens is 406 g/mol. The number of aryl methyl sites for hydroxylation is 1. The van der Waals surface area contributed by atoms with Gasteiger partial charge in [0.2, 0.25) is 0 Å². The summed E-state index contributed by atoms with van der Waals surface area (Å²) in [6.07, 6.45) is 29.4. The van der Waals surface area contributed by atoms with Gasteiger partial charge >= 0.3 is 0 Å². The predicted octanol–water partition coefficient (Wildman–Crippen LogP) is 8.05. The van der Waals surface area contributed by atoms with E-state index in [-0.39, 0.29) is 0 Å². The number of hydrogen-bond acceptors (Lipinski definition) is 2. The average molecular weight is 461 g/mol. The molecule has 3 nitrogen and oxygen atoms in total. The molecule has 3 heteroatoms. The van der Waals surface area contributed by atoms with Crippen molar-refractivity contribution in [1.82, 2.24) is 0 Å². The molecule has 1 aliphatic heterocycles. The number of unbranched alkanes of at least 4 members (excludes halogenated alkanes) is 14. The van der Waals surface area contributed by atoms with E-state index in [2.05, 4.69) is 42.1 Å². The molecule has 0 bridgehead atoms. The Labute approximate surface area is 205 Å². The molecule has 0 aromatic carbocycles. The lowest BCUT2D eigenvalue weighted by Gasteiger charge is -2.10. The zero-order valence-corrected chi connectivity index (χ0v) is 21.9. The molecule has 0 spiro atoms. The van der Waals surface area contributed by atoms with Gasteiger partial charge in [0.25, 0.3) is 0 Å². The molecule has 1 aromatic heterocycles. The molecular formula is C30H54NO2+. The first kappa shape index (κ1) is 28.3. The molecule has 1 aromatic rings. The molecule has 190 valence electrons. The van der Waals surface area contributed by atoms with E-state index in [9.17, 15) is 0 Å². The smallest absolute Gasteiger partial charge is 0.168 e. The Balaban J connectivity index is 1.29. The summed E-state index contributed by atoms with van der Waals surface area (Å²) >= 11 is 0. The van der Waals surface area contributed by atoms with Crippen LogP contribution in [-0.2, 0) is 16.0 Å². The highest BCUT2D eigenvalue weighted by atomic mass is 16.5. The normalized spacial score (nSPS) is 18.2. The molecule has 0 N–H and O–H groups in total. The van der Waals surface area contributed by atoms with Crippen molar-refractivity contribution in [3.05, 3.63) is 30.6 Å². The van der Waals surface area contributed by atoms with Gasteiger partial charge in [-0.3, -0.25) is 0 Å². The fraction of sp³-hybridized carbons (Fsp3) is 0.833. The van der Waals surface area contributed by atoms with Crippen molar-refractivity contribution in [3.8, 4) is 0 Å². The van der Waals surface area contributed by atoms with Crippen molar-refractivity contribution in [1.29, 1.82) is 0 Å². The van der Waals surface area contributed by atoms with Crippen LogP contribution in [0.5, 0.6) is 0 Å². The second-order valence-corrected chi connectivity index (χ2v) is 10.3. The van der Waals surface area contributed by atoms with Gasteiger partial charge in [0.05, 0.1) is 12.7 Å². The third-order valence-electron chi connectivity index (χ3n) is 7.17. The highest BCUT2D eigenvalue weighted by Gasteiger charge is 2.24. The lowest BCUT2D eigenvalue weighted by molar-refractivity contribution is -0.697. The zero-order valence-electron chi connectivity index (χ0n) is 21.9. The molecule has 0 radical (unpaired) electrons. The molecule has 0 aliphatic carbocycles. The Hall–Kier alpha value is -0.930. The number of aromatic nitrogens is 1. The topological polar surface area (TPSA) is 22.3 Å². The molecule has 1 fully saturated rings. The van der Waals surface area contributed by atoms with Crippen LogP contribution in [0.3, 0.4) is 0 Å². The van der Waals surface area contributed by atoms with Crippen LogP contribution in [-0.4, -0.2) is 25.9 Å². The standard InChI is InChI=1S/C30H54NO2/c1-2-3-4-5-6-7-8-9-10-11-12-16-21-29-26-30(33-27-29)28-32-25-20-14-13-17-22-31-23-18-15-19-24-31/h15,18-19,23-24,29-30H,2-14,16-17,20-22,25-28H2,1H3/q+1/t29-,30+/m0/s1. The fourth-order valence-electron chi connectivity index (χ4n) is 5.02. The van der Waals surface area contributed by atoms with E-state index in [1.165, 1.54) is 116 Å². The second kappa shape index (κ2) is 20.4. The molecule has 0 saturated carbocycles. The first-order valence-corrected chi connectivity index (χ1v) is 14.5. The van der Waals surface area contributed by atoms with Crippen molar-refractivity contribution in [3.63, 3.8) is 0 Å². The van der Waals surface area contributed by atoms with Crippen molar-refractivity contribution >= 4 is 0 Å². The molecule has 1 saturated heterocycles. The SMILES string of the molecule is CCCCCCCCCCCCCC[C@@H]1CO[C@@H](COCCCCCC[n+]2ccccc2)C1. The number of ether oxygens (including phenoxy) is 2. The highest BCUT2D eigenvalue weighted by molar-refractivity contribution is 4.83. The van der Waals surface area contributed by atoms with Crippen molar-refractivity contribution in [2.24, 2.45) is 5.92 Å². The van der Waals surface area contributed by atoms with Crippen LogP contribution >= 0.6 is 0 Å². The second-order valence-electron chi connectivity index (χ2n) is 10.3. The largest absolute Gasteiger partial charge is 0.379 e. The number of nitrogens with zero attached hydrogens (tertiary/aromatic N) is 1. The van der Waals surface area contributed by atoms with Gasteiger partial charge in [0.1, 0.15) is 6.54 Å². The number of rotatable bonds is 22. The lowest BCUT2D eigenvalue weighted by atomic mass is 9.97. The molecule has 1 aliphatic rings. The Bertz CT molecular complexity index is 535. The third-order valence-corrected chi connectivity index (χ3v) is 7.17. The quantitative estimate of drug-likeness (QED) is 0.129. The highest BCUT2D eigenvalue weighted by Crippen LogP contribution is 2.25.